The second kappa shape index (κ2) is 5.76. The van der Waals surface area contributed by atoms with E-state index in [0.717, 1.165) is 22.2 Å². The van der Waals surface area contributed by atoms with Gasteiger partial charge < -0.3 is 4.90 Å². The number of aromatic nitrogens is 2. The fourth-order valence-corrected chi connectivity index (χ4v) is 3.67. The van der Waals surface area contributed by atoms with Crippen LogP contribution in [-0.4, -0.2) is 55.4 Å². The largest absolute Gasteiger partial charge is 0.366 e. The third-order valence-corrected chi connectivity index (χ3v) is 5.32. The van der Waals surface area contributed by atoms with E-state index in [2.05, 4.69) is 16.3 Å². The second-order valence-electron chi connectivity index (χ2n) is 5.68. The Morgan fingerprint density at radius 2 is 1.87 bits per heavy atom. The molecule has 8 heteroatoms. The van der Waals surface area contributed by atoms with E-state index in [9.17, 15) is 13.7 Å². The normalized spacial score (nSPS) is 16.5. The van der Waals surface area contributed by atoms with Crippen LogP contribution in [0.25, 0.3) is 10.9 Å². The monoisotopic (exact) mass is 331 g/mol. The van der Waals surface area contributed by atoms with Gasteiger partial charge in [-0.3, -0.25) is 0 Å². The molecule has 0 atom stereocenters. The molecule has 1 aliphatic heterocycles. The Hall–Kier alpha value is -2.24. The summed E-state index contributed by atoms with van der Waals surface area (Å²) in [5.41, 5.74) is 2.82. The number of fused-ring (bicyclic) bond motifs is 1. The molecular formula is C15H17N5O2S. The number of hydrogen-bond acceptors (Lipinski definition) is 6. The van der Waals surface area contributed by atoms with Gasteiger partial charge in [0.2, 0.25) is 10.0 Å². The van der Waals surface area contributed by atoms with E-state index in [1.54, 1.807) is 0 Å². The number of hydrogen-bond donors (Lipinski definition) is 0. The predicted molar refractivity (Wildman–Crippen MR) is 87.6 cm³/mol. The highest BCUT2D eigenvalue weighted by Gasteiger charge is 2.26. The van der Waals surface area contributed by atoms with E-state index in [4.69, 9.17) is 0 Å². The minimum atomic E-state index is -3.18. The molecule has 1 aliphatic rings. The third kappa shape index (κ3) is 2.98. The van der Waals surface area contributed by atoms with Crippen LogP contribution in [0.15, 0.2) is 18.2 Å². The highest BCUT2D eigenvalue weighted by molar-refractivity contribution is 7.88. The fraction of sp³-hybridized carbons (Fsp3) is 0.400. The molecule has 0 aliphatic carbocycles. The lowest BCUT2D eigenvalue weighted by Crippen LogP contribution is -2.48. The van der Waals surface area contributed by atoms with Gasteiger partial charge in [-0.05, 0) is 19.1 Å². The van der Waals surface area contributed by atoms with Crippen molar-refractivity contribution in [3.63, 3.8) is 0 Å². The van der Waals surface area contributed by atoms with E-state index < -0.39 is 10.0 Å². The Morgan fingerprint density at radius 3 is 2.48 bits per heavy atom. The summed E-state index contributed by atoms with van der Waals surface area (Å²) >= 11 is 0. The zero-order valence-corrected chi connectivity index (χ0v) is 13.8. The van der Waals surface area contributed by atoms with Crippen LogP contribution < -0.4 is 4.90 Å². The van der Waals surface area contributed by atoms with Crippen molar-refractivity contribution >= 4 is 26.6 Å². The molecule has 2 heterocycles. The molecule has 7 nitrogen and oxygen atoms in total. The van der Waals surface area contributed by atoms with Crippen molar-refractivity contribution in [2.24, 2.45) is 0 Å². The predicted octanol–water partition coefficient (Wildman–Crippen LogP) is 0.891. The average molecular weight is 331 g/mol. The summed E-state index contributed by atoms with van der Waals surface area (Å²) in [6.45, 7) is 3.84. The average Bonchev–Trinajstić information content (AvgIpc) is 2.53. The number of anilines is 1. The van der Waals surface area contributed by atoms with Crippen LogP contribution in [0.3, 0.4) is 0 Å². The minimum Gasteiger partial charge on any atom is -0.366 e. The molecule has 0 unspecified atom stereocenters. The van der Waals surface area contributed by atoms with E-state index >= 15 is 0 Å². The van der Waals surface area contributed by atoms with Gasteiger partial charge in [-0.25, -0.2) is 8.42 Å². The summed E-state index contributed by atoms with van der Waals surface area (Å²) in [5.74, 6) is 0. The lowest BCUT2D eigenvalue weighted by molar-refractivity contribution is 0.388. The van der Waals surface area contributed by atoms with E-state index in [-0.39, 0.29) is 5.69 Å². The van der Waals surface area contributed by atoms with Crippen LogP contribution in [0.2, 0.25) is 0 Å². The van der Waals surface area contributed by atoms with Gasteiger partial charge in [0.25, 0.3) is 0 Å². The first kappa shape index (κ1) is 15.6. The van der Waals surface area contributed by atoms with Gasteiger partial charge >= 0.3 is 0 Å². The van der Waals surface area contributed by atoms with Crippen LogP contribution in [-0.2, 0) is 10.0 Å². The second-order valence-corrected chi connectivity index (χ2v) is 7.66. The van der Waals surface area contributed by atoms with Crippen molar-refractivity contribution in [3.05, 3.63) is 29.5 Å². The Morgan fingerprint density at radius 1 is 1.17 bits per heavy atom. The molecule has 1 aromatic heterocycles. The molecule has 0 bridgehead atoms. The standard InChI is InChI=1S/C15H17N5O2S/c1-11-3-4-13-12(9-11)15(14(10-16)18-17-13)19-5-7-20(8-6-19)23(2,21)22/h3-4,9H,5-8H2,1-2H3. The molecular weight excluding hydrogens is 314 g/mol. The van der Waals surface area contributed by atoms with Gasteiger partial charge in [-0.1, -0.05) is 11.6 Å². The van der Waals surface area contributed by atoms with Crippen molar-refractivity contribution in [2.75, 3.05) is 37.3 Å². The van der Waals surface area contributed by atoms with E-state index in [1.165, 1.54) is 10.6 Å². The molecule has 1 fully saturated rings. The molecule has 23 heavy (non-hydrogen) atoms. The van der Waals surface area contributed by atoms with Crippen LogP contribution in [0.4, 0.5) is 5.69 Å². The number of nitriles is 1. The fourth-order valence-electron chi connectivity index (χ4n) is 2.84. The molecule has 0 spiro atoms. The lowest BCUT2D eigenvalue weighted by atomic mass is 10.1. The maximum absolute atomic E-state index is 11.6. The Balaban J connectivity index is 2.03. The molecule has 2 aromatic rings. The van der Waals surface area contributed by atoms with E-state index in [0.29, 0.717) is 26.2 Å². The first-order chi connectivity index (χ1) is 10.9. The van der Waals surface area contributed by atoms with Gasteiger partial charge in [0.05, 0.1) is 17.5 Å². The summed E-state index contributed by atoms with van der Waals surface area (Å²) in [4.78, 5) is 2.02. The molecule has 0 saturated carbocycles. The first-order valence-corrected chi connectivity index (χ1v) is 9.12. The number of rotatable bonds is 2. The number of piperazine rings is 1. The van der Waals surface area contributed by atoms with Crippen molar-refractivity contribution in [3.8, 4) is 6.07 Å². The Bertz CT molecular complexity index is 896. The van der Waals surface area contributed by atoms with Crippen LogP contribution in [0.5, 0.6) is 0 Å². The Labute approximate surface area is 135 Å². The quantitative estimate of drug-likeness (QED) is 0.812. The van der Waals surface area contributed by atoms with Crippen molar-refractivity contribution in [2.45, 2.75) is 6.92 Å². The number of sulfonamides is 1. The molecule has 0 N–H and O–H groups in total. The molecule has 0 radical (unpaired) electrons. The zero-order valence-electron chi connectivity index (χ0n) is 13.0. The van der Waals surface area contributed by atoms with Crippen LogP contribution in [0.1, 0.15) is 11.3 Å². The van der Waals surface area contributed by atoms with Gasteiger partial charge in [0.1, 0.15) is 6.07 Å². The lowest BCUT2D eigenvalue weighted by Gasteiger charge is -2.35. The van der Waals surface area contributed by atoms with Crippen LogP contribution >= 0.6 is 0 Å². The van der Waals surface area contributed by atoms with Crippen molar-refractivity contribution in [1.82, 2.24) is 14.5 Å². The van der Waals surface area contributed by atoms with E-state index in [1.807, 2.05) is 30.0 Å². The smallest absolute Gasteiger partial charge is 0.211 e. The number of benzene rings is 1. The molecule has 0 amide bonds. The summed E-state index contributed by atoms with van der Waals surface area (Å²) in [5, 5.41) is 18.4. The summed E-state index contributed by atoms with van der Waals surface area (Å²) in [7, 11) is -3.18. The SMILES string of the molecule is Cc1ccc2nnc(C#N)c(N3CCN(S(C)(=O)=O)CC3)c2c1. The maximum Gasteiger partial charge on any atom is 0.211 e. The van der Waals surface area contributed by atoms with Gasteiger partial charge in [-0.2, -0.15) is 9.57 Å². The van der Waals surface area contributed by atoms with Gasteiger partial charge in [-0.15, -0.1) is 10.2 Å². The number of nitrogens with zero attached hydrogens (tertiary/aromatic N) is 5. The first-order valence-electron chi connectivity index (χ1n) is 7.27. The zero-order chi connectivity index (χ0) is 16.6. The van der Waals surface area contributed by atoms with Crippen molar-refractivity contribution in [1.29, 1.82) is 5.26 Å². The van der Waals surface area contributed by atoms with Gasteiger partial charge in [0, 0.05) is 31.6 Å². The Kier molecular flexibility index (Phi) is 3.92. The highest BCUT2D eigenvalue weighted by atomic mass is 32.2. The number of aryl methyl sites for hydroxylation is 1. The maximum atomic E-state index is 11.6. The highest BCUT2D eigenvalue weighted by Crippen LogP contribution is 2.29. The molecule has 1 aromatic carbocycles. The third-order valence-electron chi connectivity index (χ3n) is 4.02. The topological polar surface area (TPSA) is 90.2 Å². The molecule has 120 valence electrons. The molecule has 1 saturated heterocycles. The molecule has 3 rings (SSSR count). The summed E-state index contributed by atoms with van der Waals surface area (Å²) < 4.78 is 24.7. The minimum absolute atomic E-state index is 0.274. The van der Waals surface area contributed by atoms with Crippen LogP contribution in [0, 0.1) is 18.3 Å². The summed E-state index contributed by atoms with van der Waals surface area (Å²) in [6, 6.07) is 7.92. The van der Waals surface area contributed by atoms with Crippen molar-refractivity contribution < 1.29 is 8.42 Å². The van der Waals surface area contributed by atoms with Gasteiger partial charge in [0.15, 0.2) is 5.69 Å². The summed E-state index contributed by atoms with van der Waals surface area (Å²) in [6.07, 6.45) is 1.22.